The maximum atomic E-state index is 3.83. The van der Waals surface area contributed by atoms with E-state index in [1.807, 2.05) is 6.92 Å². The zero-order chi connectivity index (χ0) is 8.85. The van der Waals surface area contributed by atoms with Gasteiger partial charge in [0.05, 0.1) is 0 Å². The van der Waals surface area contributed by atoms with Gasteiger partial charge in [0.25, 0.3) is 0 Å². The monoisotopic (exact) mass is 170 g/mol. The molecule has 0 N–H and O–H groups in total. The SMILES string of the molecule is C=C(C)S/C=C(/C)C(C)CC. The molecule has 64 valence electrons. The summed E-state index contributed by atoms with van der Waals surface area (Å²) in [6, 6.07) is 0. The van der Waals surface area contributed by atoms with E-state index in [1.165, 1.54) is 12.0 Å². The van der Waals surface area contributed by atoms with Crippen LogP contribution in [0, 0.1) is 5.92 Å². The molecular formula is C10H18S. The van der Waals surface area contributed by atoms with Crippen molar-refractivity contribution in [3.05, 3.63) is 22.5 Å². The standard InChI is InChI=1S/C10H18S/c1-6-9(4)10(5)7-11-8(2)3/h7,9H,2,6H2,1,3-5H3/b10-7-. The summed E-state index contributed by atoms with van der Waals surface area (Å²) in [5.41, 5.74) is 1.46. The molecule has 0 bridgehead atoms. The lowest BCUT2D eigenvalue weighted by Crippen LogP contribution is -1.91. The summed E-state index contributed by atoms with van der Waals surface area (Å²) in [6.45, 7) is 12.5. The molecule has 0 saturated carbocycles. The van der Waals surface area contributed by atoms with Gasteiger partial charge in [-0.15, -0.1) is 11.8 Å². The second-order valence-corrected chi connectivity index (χ2v) is 4.16. The van der Waals surface area contributed by atoms with Gasteiger partial charge < -0.3 is 0 Å². The fraction of sp³-hybridized carbons (Fsp3) is 0.600. The van der Waals surface area contributed by atoms with Crippen molar-refractivity contribution in [3.63, 3.8) is 0 Å². The van der Waals surface area contributed by atoms with Crippen LogP contribution in [0.25, 0.3) is 0 Å². The molecular weight excluding hydrogens is 152 g/mol. The number of hydrogen-bond acceptors (Lipinski definition) is 1. The van der Waals surface area contributed by atoms with Crippen LogP contribution < -0.4 is 0 Å². The third kappa shape index (κ3) is 5.14. The fourth-order valence-corrected chi connectivity index (χ4v) is 1.25. The van der Waals surface area contributed by atoms with Crippen molar-refractivity contribution in [1.82, 2.24) is 0 Å². The molecule has 0 nitrogen and oxygen atoms in total. The predicted octanol–water partition coefficient (Wildman–Crippen LogP) is 4.20. The molecule has 0 saturated heterocycles. The van der Waals surface area contributed by atoms with Gasteiger partial charge in [0.1, 0.15) is 0 Å². The van der Waals surface area contributed by atoms with Crippen molar-refractivity contribution in [2.24, 2.45) is 5.92 Å². The van der Waals surface area contributed by atoms with Crippen molar-refractivity contribution in [2.45, 2.75) is 34.1 Å². The van der Waals surface area contributed by atoms with Crippen LogP contribution >= 0.6 is 11.8 Å². The Hall–Kier alpha value is -0.170. The smallest absolute Gasteiger partial charge is 0.0211 e. The van der Waals surface area contributed by atoms with E-state index in [-0.39, 0.29) is 0 Å². The Morgan fingerprint density at radius 2 is 2.09 bits per heavy atom. The Balaban J connectivity index is 3.89. The Morgan fingerprint density at radius 1 is 1.55 bits per heavy atom. The van der Waals surface area contributed by atoms with Crippen molar-refractivity contribution >= 4 is 11.8 Å². The van der Waals surface area contributed by atoms with Crippen LogP contribution in [0.3, 0.4) is 0 Å². The average molecular weight is 170 g/mol. The quantitative estimate of drug-likeness (QED) is 0.609. The first-order valence-electron chi connectivity index (χ1n) is 4.06. The molecule has 0 aliphatic carbocycles. The molecule has 0 spiro atoms. The first-order chi connectivity index (χ1) is 5.07. The summed E-state index contributed by atoms with van der Waals surface area (Å²) in [5, 5.41) is 2.20. The molecule has 0 amide bonds. The second-order valence-electron chi connectivity index (χ2n) is 2.99. The lowest BCUT2D eigenvalue weighted by molar-refractivity contribution is 0.657. The minimum Gasteiger partial charge on any atom is -0.103 e. The largest absolute Gasteiger partial charge is 0.103 e. The molecule has 0 radical (unpaired) electrons. The second kappa shape index (κ2) is 5.48. The molecule has 0 aromatic rings. The third-order valence-electron chi connectivity index (χ3n) is 1.84. The van der Waals surface area contributed by atoms with E-state index in [4.69, 9.17) is 0 Å². The molecule has 0 fully saturated rings. The van der Waals surface area contributed by atoms with Crippen molar-refractivity contribution in [2.75, 3.05) is 0 Å². The van der Waals surface area contributed by atoms with Crippen molar-refractivity contribution < 1.29 is 0 Å². The van der Waals surface area contributed by atoms with Gasteiger partial charge in [-0.25, -0.2) is 0 Å². The maximum Gasteiger partial charge on any atom is -0.0211 e. The van der Waals surface area contributed by atoms with Crippen LogP contribution in [0.5, 0.6) is 0 Å². The van der Waals surface area contributed by atoms with Gasteiger partial charge in [-0.3, -0.25) is 0 Å². The van der Waals surface area contributed by atoms with E-state index in [0.29, 0.717) is 5.92 Å². The van der Waals surface area contributed by atoms with E-state index in [0.717, 1.165) is 4.91 Å². The zero-order valence-electron chi connectivity index (χ0n) is 7.98. The highest BCUT2D eigenvalue weighted by Crippen LogP contribution is 2.21. The first kappa shape index (κ1) is 10.8. The fourth-order valence-electron chi connectivity index (χ4n) is 0.632. The maximum absolute atomic E-state index is 3.83. The van der Waals surface area contributed by atoms with Crippen LogP contribution in [-0.4, -0.2) is 0 Å². The van der Waals surface area contributed by atoms with Crippen LogP contribution in [0.2, 0.25) is 0 Å². The Labute approximate surface area is 74.8 Å². The lowest BCUT2D eigenvalue weighted by Gasteiger charge is -2.07. The summed E-state index contributed by atoms with van der Waals surface area (Å²) >= 11 is 1.73. The minimum atomic E-state index is 0.710. The van der Waals surface area contributed by atoms with E-state index >= 15 is 0 Å². The molecule has 1 unspecified atom stereocenters. The van der Waals surface area contributed by atoms with E-state index in [2.05, 4.69) is 32.8 Å². The van der Waals surface area contributed by atoms with Gasteiger partial charge in [-0.1, -0.05) is 26.0 Å². The summed E-state index contributed by atoms with van der Waals surface area (Å²) in [6.07, 6.45) is 1.22. The minimum absolute atomic E-state index is 0.710. The molecule has 11 heavy (non-hydrogen) atoms. The van der Waals surface area contributed by atoms with Crippen LogP contribution in [0.15, 0.2) is 22.5 Å². The molecule has 0 aliphatic heterocycles. The lowest BCUT2D eigenvalue weighted by atomic mass is 10.0. The molecule has 0 heterocycles. The Bertz CT molecular complexity index is 156. The average Bonchev–Trinajstić information content (AvgIpc) is 1.98. The highest BCUT2D eigenvalue weighted by Gasteiger charge is 1.99. The van der Waals surface area contributed by atoms with Gasteiger partial charge in [-0.2, -0.15) is 0 Å². The number of allylic oxidation sites excluding steroid dienone is 2. The first-order valence-corrected chi connectivity index (χ1v) is 4.94. The summed E-state index contributed by atoms with van der Waals surface area (Å²) in [7, 11) is 0. The predicted molar refractivity (Wildman–Crippen MR) is 55.6 cm³/mol. The molecule has 1 atom stereocenters. The van der Waals surface area contributed by atoms with Gasteiger partial charge >= 0.3 is 0 Å². The number of thioether (sulfide) groups is 1. The highest BCUT2D eigenvalue weighted by atomic mass is 32.2. The Morgan fingerprint density at radius 3 is 2.45 bits per heavy atom. The molecule has 0 aliphatic rings. The normalized spacial score (nSPS) is 14.7. The third-order valence-corrected chi connectivity index (χ3v) is 2.73. The zero-order valence-corrected chi connectivity index (χ0v) is 8.79. The highest BCUT2D eigenvalue weighted by molar-refractivity contribution is 8.05. The van der Waals surface area contributed by atoms with Gasteiger partial charge in [0.2, 0.25) is 0 Å². The summed E-state index contributed by atoms with van der Waals surface area (Å²) < 4.78 is 0. The van der Waals surface area contributed by atoms with Crippen molar-refractivity contribution in [1.29, 1.82) is 0 Å². The van der Waals surface area contributed by atoms with E-state index in [1.54, 1.807) is 11.8 Å². The van der Waals surface area contributed by atoms with E-state index < -0.39 is 0 Å². The summed E-state index contributed by atoms with van der Waals surface area (Å²) in [5.74, 6) is 0.710. The summed E-state index contributed by atoms with van der Waals surface area (Å²) in [4.78, 5) is 1.16. The molecule has 1 heteroatoms. The van der Waals surface area contributed by atoms with Crippen molar-refractivity contribution in [3.8, 4) is 0 Å². The Kier molecular flexibility index (Phi) is 5.39. The van der Waals surface area contributed by atoms with Crippen LogP contribution in [-0.2, 0) is 0 Å². The van der Waals surface area contributed by atoms with Crippen LogP contribution in [0.1, 0.15) is 34.1 Å². The molecule has 0 aromatic carbocycles. The topological polar surface area (TPSA) is 0 Å². The van der Waals surface area contributed by atoms with E-state index in [9.17, 15) is 0 Å². The van der Waals surface area contributed by atoms with Gasteiger partial charge in [0, 0.05) is 0 Å². The molecule has 0 aromatic heterocycles. The molecule has 0 rings (SSSR count). The van der Waals surface area contributed by atoms with Gasteiger partial charge in [0.15, 0.2) is 0 Å². The van der Waals surface area contributed by atoms with Crippen LogP contribution in [0.4, 0.5) is 0 Å². The van der Waals surface area contributed by atoms with Gasteiger partial charge in [-0.05, 0) is 36.5 Å². The number of rotatable bonds is 4. The number of hydrogen-bond donors (Lipinski definition) is 0.